The van der Waals surface area contributed by atoms with Gasteiger partial charge >= 0.3 is 6.09 Å². The molecule has 6 rings (SSSR count). The molecule has 4 bridgehead atoms. The van der Waals surface area contributed by atoms with Crippen LogP contribution in [0.3, 0.4) is 0 Å². The summed E-state index contributed by atoms with van der Waals surface area (Å²) in [5.74, 6) is 4.16. The molecule has 1 amide bonds. The maximum absolute atomic E-state index is 11.3. The number of fused-ring (bicyclic) bond motifs is 1. The van der Waals surface area contributed by atoms with Crippen molar-refractivity contribution in [3.63, 3.8) is 0 Å². The van der Waals surface area contributed by atoms with Crippen LogP contribution in [0.1, 0.15) is 43.4 Å². The Hall–Kier alpha value is -1.89. The van der Waals surface area contributed by atoms with Gasteiger partial charge in [0.1, 0.15) is 12.1 Å². The van der Waals surface area contributed by atoms with Gasteiger partial charge in [-0.15, -0.1) is 0 Å². The first-order valence-corrected chi connectivity index (χ1v) is 10.3. The SMILES string of the molecule is O=C(O)N1CCc2c(ncnc2N(CCO)C2C3CC4CC(C3)CC2C4)C1. The minimum absolute atomic E-state index is 0.114. The first kappa shape index (κ1) is 17.2. The number of aliphatic hydroxyl groups excluding tert-OH is 1. The second kappa shape index (κ2) is 6.62. The van der Waals surface area contributed by atoms with E-state index in [0.717, 1.165) is 28.9 Å². The summed E-state index contributed by atoms with van der Waals surface area (Å²) >= 11 is 0. The van der Waals surface area contributed by atoms with Crippen molar-refractivity contribution < 1.29 is 15.0 Å². The second-order valence-electron chi connectivity index (χ2n) is 8.91. The third-order valence-electron chi connectivity index (χ3n) is 7.40. The van der Waals surface area contributed by atoms with Gasteiger partial charge in [0.2, 0.25) is 0 Å². The molecule has 1 aromatic rings. The van der Waals surface area contributed by atoms with Crippen LogP contribution >= 0.6 is 0 Å². The van der Waals surface area contributed by atoms with Gasteiger partial charge in [-0.3, -0.25) is 0 Å². The predicted molar refractivity (Wildman–Crippen MR) is 99.4 cm³/mol. The number of rotatable bonds is 4. The van der Waals surface area contributed by atoms with Crippen LogP contribution in [0, 0.1) is 23.7 Å². The van der Waals surface area contributed by atoms with E-state index in [1.807, 2.05) is 0 Å². The van der Waals surface area contributed by atoms with Gasteiger partial charge in [0.25, 0.3) is 0 Å². The minimum atomic E-state index is -0.894. The zero-order valence-electron chi connectivity index (χ0n) is 15.6. The third kappa shape index (κ3) is 2.87. The number of hydrogen-bond donors (Lipinski definition) is 2. The highest BCUT2D eigenvalue weighted by Gasteiger charge is 2.50. The topological polar surface area (TPSA) is 89.8 Å². The number of aliphatic hydroxyl groups is 1. The molecule has 0 unspecified atom stereocenters. The zero-order chi connectivity index (χ0) is 18.5. The Kier molecular flexibility index (Phi) is 4.22. The molecule has 4 aliphatic carbocycles. The van der Waals surface area contributed by atoms with Crippen molar-refractivity contribution >= 4 is 11.9 Å². The normalized spacial score (nSPS) is 33.8. The van der Waals surface area contributed by atoms with Gasteiger partial charge in [-0.25, -0.2) is 14.8 Å². The number of amides is 1. The van der Waals surface area contributed by atoms with Crippen molar-refractivity contribution in [1.82, 2.24) is 14.9 Å². The molecule has 0 atom stereocenters. The number of aromatic nitrogens is 2. The summed E-state index contributed by atoms with van der Waals surface area (Å²) in [6, 6.07) is 0.460. The molecule has 0 saturated heterocycles. The summed E-state index contributed by atoms with van der Waals surface area (Å²) in [4.78, 5) is 24.2. The lowest BCUT2D eigenvalue weighted by atomic mass is 9.54. The molecule has 4 fully saturated rings. The van der Waals surface area contributed by atoms with E-state index in [4.69, 9.17) is 0 Å². The molecule has 5 aliphatic rings. The van der Waals surface area contributed by atoms with Crippen molar-refractivity contribution in [3.8, 4) is 0 Å². The van der Waals surface area contributed by atoms with Gasteiger partial charge in [-0.2, -0.15) is 0 Å². The molecule has 2 heterocycles. The van der Waals surface area contributed by atoms with Gasteiger partial charge in [0.05, 0.1) is 18.8 Å². The Balaban J connectivity index is 1.48. The van der Waals surface area contributed by atoms with E-state index < -0.39 is 6.09 Å². The maximum atomic E-state index is 11.3. The first-order chi connectivity index (χ1) is 13.1. The standard InChI is InChI=1S/C20H28N4O3/c25-4-3-24(18-14-6-12-5-13(8-14)9-15(18)7-12)19-16-1-2-23(20(26)27)10-17(16)21-11-22-19/h11-15,18,25H,1-10H2,(H,26,27). The fourth-order valence-electron chi connectivity index (χ4n) is 6.66. The van der Waals surface area contributed by atoms with Gasteiger partial charge in [0.15, 0.2) is 0 Å². The van der Waals surface area contributed by atoms with Crippen LogP contribution < -0.4 is 4.90 Å². The van der Waals surface area contributed by atoms with E-state index in [2.05, 4.69) is 14.9 Å². The number of anilines is 1. The van der Waals surface area contributed by atoms with Crippen molar-refractivity contribution in [2.24, 2.45) is 23.7 Å². The van der Waals surface area contributed by atoms with Crippen LogP contribution in [0.4, 0.5) is 10.6 Å². The lowest BCUT2D eigenvalue weighted by Gasteiger charge is -2.57. The lowest BCUT2D eigenvalue weighted by molar-refractivity contribution is -0.00396. The van der Waals surface area contributed by atoms with E-state index in [1.165, 1.54) is 37.0 Å². The zero-order valence-corrected chi connectivity index (χ0v) is 15.6. The fourth-order valence-corrected chi connectivity index (χ4v) is 6.66. The summed E-state index contributed by atoms with van der Waals surface area (Å²) in [6.07, 6.45) is 8.02. The molecule has 4 saturated carbocycles. The Bertz CT molecular complexity index is 712. The molecule has 1 aromatic heterocycles. The van der Waals surface area contributed by atoms with E-state index in [0.29, 0.717) is 43.9 Å². The number of carbonyl (C=O) groups is 1. The first-order valence-electron chi connectivity index (χ1n) is 10.3. The molecule has 27 heavy (non-hydrogen) atoms. The molecule has 0 radical (unpaired) electrons. The molecular weight excluding hydrogens is 344 g/mol. The fraction of sp³-hybridized carbons (Fsp3) is 0.750. The molecule has 146 valence electrons. The van der Waals surface area contributed by atoms with Crippen LogP contribution in [0.25, 0.3) is 0 Å². The summed E-state index contributed by atoms with van der Waals surface area (Å²) in [7, 11) is 0. The average Bonchev–Trinajstić information content (AvgIpc) is 2.65. The van der Waals surface area contributed by atoms with Gasteiger partial charge in [-0.05, 0) is 62.2 Å². The summed E-state index contributed by atoms with van der Waals surface area (Å²) in [5.41, 5.74) is 1.90. The molecule has 2 N–H and O–H groups in total. The van der Waals surface area contributed by atoms with Crippen LogP contribution in [-0.4, -0.2) is 56.9 Å². The number of carboxylic acid groups (broad SMARTS) is 1. The van der Waals surface area contributed by atoms with Crippen molar-refractivity contribution in [3.05, 3.63) is 17.6 Å². The largest absolute Gasteiger partial charge is 0.465 e. The van der Waals surface area contributed by atoms with E-state index in [-0.39, 0.29) is 6.61 Å². The Morgan fingerprint density at radius 3 is 2.48 bits per heavy atom. The monoisotopic (exact) mass is 372 g/mol. The highest BCUT2D eigenvalue weighted by atomic mass is 16.4. The van der Waals surface area contributed by atoms with E-state index in [1.54, 1.807) is 6.33 Å². The van der Waals surface area contributed by atoms with Crippen molar-refractivity contribution in [2.45, 2.75) is 51.1 Å². The summed E-state index contributed by atoms with van der Waals surface area (Å²) in [6.45, 7) is 1.52. The summed E-state index contributed by atoms with van der Waals surface area (Å²) in [5, 5.41) is 19.1. The lowest BCUT2D eigenvalue weighted by Crippen LogP contribution is -2.57. The molecule has 1 aliphatic heterocycles. The Labute approximate surface area is 159 Å². The summed E-state index contributed by atoms with van der Waals surface area (Å²) < 4.78 is 0. The molecular formula is C20H28N4O3. The molecule has 0 aromatic carbocycles. The second-order valence-corrected chi connectivity index (χ2v) is 8.91. The van der Waals surface area contributed by atoms with E-state index in [9.17, 15) is 15.0 Å². The van der Waals surface area contributed by atoms with Gasteiger partial charge in [0, 0.05) is 24.7 Å². The number of nitrogens with zero attached hydrogens (tertiary/aromatic N) is 4. The van der Waals surface area contributed by atoms with Gasteiger partial charge in [-0.1, -0.05) is 0 Å². The van der Waals surface area contributed by atoms with Crippen LogP contribution in [-0.2, 0) is 13.0 Å². The van der Waals surface area contributed by atoms with Crippen LogP contribution in [0.2, 0.25) is 0 Å². The van der Waals surface area contributed by atoms with E-state index >= 15 is 0 Å². The van der Waals surface area contributed by atoms with Crippen LogP contribution in [0.15, 0.2) is 6.33 Å². The number of hydrogen-bond acceptors (Lipinski definition) is 5. The van der Waals surface area contributed by atoms with Gasteiger partial charge < -0.3 is 20.0 Å². The quantitative estimate of drug-likeness (QED) is 0.842. The molecule has 7 nitrogen and oxygen atoms in total. The highest BCUT2D eigenvalue weighted by molar-refractivity contribution is 5.66. The molecule has 7 heteroatoms. The highest BCUT2D eigenvalue weighted by Crippen LogP contribution is 2.55. The minimum Gasteiger partial charge on any atom is -0.465 e. The Morgan fingerprint density at radius 2 is 1.85 bits per heavy atom. The van der Waals surface area contributed by atoms with Crippen molar-refractivity contribution in [2.75, 3.05) is 24.6 Å². The van der Waals surface area contributed by atoms with Crippen LogP contribution in [0.5, 0.6) is 0 Å². The Morgan fingerprint density at radius 1 is 1.15 bits per heavy atom. The van der Waals surface area contributed by atoms with Crippen molar-refractivity contribution in [1.29, 1.82) is 0 Å². The smallest absolute Gasteiger partial charge is 0.407 e. The maximum Gasteiger partial charge on any atom is 0.407 e. The third-order valence-corrected chi connectivity index (χ3v) is 7.40. The predicted octanol–water partition coefficient (Wildman–Crippen LogP) is 2.14. The average molecular weight is 372 g/mol. The molecule has 0 spiro atoms.